The lowest BCUT2D eigenvalue weighted by molar-refractivity contribution is 0.463. The fraction of sp³-hybridized carbons (Fsp3) is 0.167. The molecule has 0 amide bonds. The summed E-state index contributed by atoms with van der Waals surface area (Å²) in [5.74, 6) is 1.54. The molecule has 0 aliphatic heterocycles. The van der Waals surface area contributed by atoms with E-state index in [0.29, 0.717) is 22.5 Å². The van der Waals surface area contributed by atoms with E-state index in [1.807, 2.05) is 25.1 Å². The van der Waals surface area contributed by atoms with E-state index in [0.717, 1.165) is 5.56 Å². The Morgan fingerprint density at radius 1 is 1.24 bits per heavy atom. The molecule has 17 heavy (non-hydrogen) atoms. The maximum absolute atomic E-state index is 6.08. The van der Waals surface area contributed by atoms with E-state index in [-0.39, 0.29) is 0 Å². The van der Waals surface area contributed by atoms with Crippen LogP contribution in [0.4, 0.5) is 5.82 Å². The highest BCUT2D eigenvalue weighted by molar-refractivity contribution is 6.32. The number of rotatable bonds is 3. The van der Waals surface area contributed by atoms with Crippen molar-refractivity contribution in [1.82, 2.24) is 9.97 Å². The Bertz CT molecular complexity index is 531. The van der Waals surface area contributed by atoms with Gasteiger partial charge in [-0.05, 0) is 24.6 Å². The molecule has 1 aromatic heterocycles. The minimum Gasteiger partial charge on any atom is -0.434 e. The monoisotopic (exact) mass is 249 g/mol. The Labute approximate surface area is 105 Å². The number of hydrogen-bond acceptors (Lipinski definition) is 4. The minimum absolute atomic E-state index is 0.403. The van der Waals surface area contributed by atoms with Crippen molar-refractivity contribution in [3.63, 3.8) is 0 Å². The summed E-state index contributed by atoms with van der Waals surface area (Å²) in [6.07, 6.45) is 3.16. The van der Waals surface area contributed by atoms with Crippen molar-refractivity contribution >= 4 is 17.4 Å². The van der Waals surface area contributed by atoms with E-state index in [1.165, 1.54) is 0 Å². The first-order valence-electron chi connectivity index (χ1n) is 5.13. The lowest BCUT2D eigenvalue weighted by Crippen LogP contribution is -1.98. The smallest absolute Gasteiger partial charge is 0.262 e. The van der Waals surface area contributed by atoms with Gasteiger partial charge in [0, 0.05) is 19.4 Å². The zero-order valence-corrected chi connectivity index (χ0v) is 10.3. The molecule has 88 valence electrons. The summed E-state index contributed by atoms with van der Waals surface area (Å²) in [6, 6.07) is 5.58. The van der Waals surface area contributed by atoms with Gasteiger partial charge in [-0.25, -0.2) is 9.97 Å². The van der Waals surface area contributed by atoms with Gasteiger partial charge < -0.3 is 10.1 Å². The normalized spacial score (nSPS) is 10.1. The van der Waals surface area contributed by atoms with Crippen LogP contribution in [0.15, 0.2) is 30.6 Å². The molecule has 0 radical (unpaired) electrons. The number of ether oxygens (including phenoxy) is 1. The number of halogens is 1. The van der Waals surface area contributed by atoms with E-state index < -0.39 is 0 Å². The first-order chi connectivity index (χ1) is 8.20. The highest BCUT2D eigenvalue weighted by Gasteiger charge is 2.08. The molecule has 0 fully saturated rings. The average Bonchev–Trinajstić information content (AvgIpc) is 2.33. The van der Waals surface area contributed by atoms with Gasteiger partial charge in [0.1, 0.15) is 5.75 Å². The van der Waals surface area contributed by atoms with Crippen molar-refractivity contribution < 1.29 is 4.74 Å². The molecule has 1 N–H and O–H groups in total. The van der Waals surface area contributed by atoms with Crippen molar-refractivity contribution in [2.24, 2.45) is 0 Å². The van der Waals surface area contributed by atoms with Gasteiger partial charge in [0.15, 0.2) is 5.82 Å². The predicted octanol–water partition coefficient (Wildman–Crippen LogP) is 3.27. The second-order valence-corrected chi connectivity index (χ2v) is 3.90. The molecule has 2 rings (SSSR count). The fourth-order valence-corrected chi connectivity index (χ4v) is 1.64. The third kappa shape index (κ3) is 2.65. The number of nitrogens with one attached hydrogen (secondary N) is 1. The van der Waals surface area contributed by atoms with Crippen molar-refractivity contribution in [3.05, 3.63) is 41.2 Å². The first kappa shape index (κ1) is 11.7. The van der Waals surface area contributed by atoms with Gasteiger partial charge in [-0.15, -0.1) is 0 Å². The maximum atomic E-state index is 6.08. The predicted molar refractivity (Wildman–Crippen MR) is 67.8 cm³/mol. The Balaban J connectivity index is 2.31. The summed E-state index contributed by atoms with van der Waals surface area (Å²) < 4.78 is 5.62. The van der Waals surface area contributed by atoms with E-state index in [2.05, 4.69) is 15.3 Å². The highest BCUT2D eigenvalue weighted by Crippen LogP contribution is 2.31. The van der Waals surface area contributed by atoms with Gasteiger partial charge in [-0.1, -0.05) is 17.7 Å². The Morgan fingerprint density at radius 2 is 2.00 bits per heavy atom. The van der Waals surface area contributed by atoms with Crippen LogP contribution in [0.5, 0.6) is 11.6 Å². The number of nitrogens with zero attached hydrogens (tertiary/aromatic N) is 2. The number of aryl methyl sites for hydroxylation is 1. The van der Waals surface area contributed by atoms with E-state index in [9.17, 15) is 0 Å². The second kappa shape index (κ2) is 5.01. The molecule has 4 nitrogen and oxygen atoms in total. The zero-order valence-electron chi connectivity index (χ0n) is 9.57. The molecule has 0 aliphatic rings. The van der Waals surface area contributed by atoms with Crippen LogP contribution in [0.25, 0.3) is 0 Å². The van der Waals surface area contributed by atoms with Crippen molar-refractivity contribution in [2.45, 2.75) is 6.92 Å². The lowest BCUT2D eigenvalue weighted by atomic mass is 10.2. The third-order valence-corrected chi connectivity index (χ3v) is 2.49. The molecular weight excluding hydrogens is 238 g/mol. The van der Waals surface area contributed by atoms with Gasteiger partial charge in [0.25, 0.3) is 5.88 Å². The number of hydrogen-bond donors (Lipinski definition) is 1. The molecule has 0 spiro atoms. The van der Waals surface area contributed by atoms with Gasteiger partial charge >= 0.3 is 0 Å². The van der Waals surface area contributed by atoms with Gasteiger partial charge in [-0.3, -0.25) is 0 Å². The molecule has 5 heteroatoms. The summed E-state index contributed by atoms with van der Waals surface area (Å²) in [7, 11) is 1.76. The molecule has 1 aromatic carbocycles. The van der Waals surface area contributed by atoms with Gasteiger partial charge in [0.2, 0.25) is 0 Å². The molecule has 0 saturated carbocycles. The van der Waals surface area contributed by atoms with E-state index >= 15 is 0 Å². The van der Waals surface area contributed by atoms with Crippen molar-refractivity contribution in [2.75, 3.05) is 12.4 Å². The summed E-state index contributed by atoms with van der Waals surface area (Å²) >= 11 is 6.08. The number of anilines is 1. The van der Waals surface area contributed by atoms with Crippen LogP contribution in [0.1, 0.15) is 5.56 Å². The van der Waals surface area contributed by atoms with Crippen LogP contribution in [-0.4, -0.2) is 17.0 Å². The van der Waals surface area contributed by atoms with Crippen LogP contribution < -0.4 is 10.1 Å². The molecule has 1 heterocycles. The SMILES string of the molecule is CNc1nccnc1Oc1ccc(C)cc1Cl. The highest BCUT2D eigenvalue weighted by atomic mass is 35.5. The lowest BCUT2D eigenvalue weighted by Gasteiger charge is -2.09. The Hall–Kier alpha value is -1.81. The molecule has 0 unspecified atom stereocenters. The second-order valence-electron chi connectivity index (χ2n) is 3.50. The summed E-state index contributed by atoms with van der Waals surface area (Å²) in [6.45, 7) is 1.97. The Kier molecular flexibility index (Phi) is 3.44. The quantitative estimate of drug-likeness (QED) is 0.907. The van der Waals surface area contributed by atoms with Crippen LogP contribution in [0.3, 0.4) is 0 Å². The summed E-state index contributed by atoms with van der Waals surface area (Å²) in [5.41, 5.74) is 1.08. The van der Waals surface area contributed by atoms with Crippen LogP contribution in [-0.2, 0) is 0 Å². The van der Waals surface area contributed by atoms with Crippen LogP contribution in [0, 0.1) is 6.92 Å². The largest absolute Gasteiger partial charge is 0.434 e. The first-order valence-corrected chi connectivity index (χ1v) is 5.51. The van der Waals surface area contributed by atoms with Crippen molar-refractivity contribution in [3.8, 4) is 11.6 Å². The van der Waals surface area contributed by atoms with Gasteiger partial charge in [0.05, 0.1) is 5.02 Å². The summed E-state index contributed by atoms with van der Waals surface area (Å²) in [5, 5.41) is 3.46. The molecule has 0 saturated heterocycles. The van der Waals surface area contributed by atoms with Gasteiger partial charge in [-0.2, -0.15) is 0 Å². The molecular formula is C12H12ClN3O. The standard InChI is InChI=1S/C12H12ClN3O/c1-8-3-4-10(9(13)7-8)17-12-11(14-2)15-5-6-16-12/h3-7H,1-2H3,(H,14,15). The van der Waals surface area contributed by atoms with Crippen LogP contribution >= 0.6 is 11.6 Å². The summed E-state index contributed by atoms with van der Waals surface area (Å²) in [4.78, 5) is 8.20. The minimum atomic E-state index is 0.403. The molecule has 0 aliphatic carbocycles. The molecule has 2 aromatic rings. The maximum Gasteiger partial charge on any atom is 0.262 e. The van der Waals surface area contributed by atoms with Crippen molar-refractivity contribution in [1.29, 1.82) is 0 Å². The fourth-order valence-electron chi connectivity index (χ4n) is 1.36. The molecule has 0 atom stereocenters. The zero-order chi connectivity index (χ0) is 12.3. The van der Waals surface area contributed by atoms with E-state index in [4.69, 9.17) is 16.3 Å². The molecule has 0 bridgehead atoms. The average molecular weight is 250 g/mol. The Morgan fingerprint density at radius 3 is 2.71 bits per heavy atom. The number of aromatic nitrogens is 2. The topological polar surface area (TPSA) is 47.0 Å². The third-order valence-electron chi connectivity index (χ3n) is 2.20. The van der Waals surface area contributed by atoms with Crippen LogP contribution in [0.2, 0.25) is 5.02 Å². The van der Waals surface area contributed by atoms with E-state index in [1.54, 1.807) is 19.4 Å². The number of benzene rings is 1.